The molecule has 0 saturated heterocycles. The summed E-state index contributed by atoms with van der Waals surface area (Å²) in [5.41, 5.74) is 12.4. The van der Waals surface area contributed by atoms with Gasteiger partial charge >= 0.3 is 0 Å². The number of unbranched alkanes of at least 4 members (excludes halogenated alkanes) is 4. The third-order valence-electron chi connectivity index (χ3n) is 6.28. The Balaban J connectivity index is 4.69. The van der Waals surface area contributed by atoms with Crippen LogP contribution < -0.4 is 22.3 Å². The minimum absolute atomic E-state index is 0.0623. The lowest BCUT2D eigenvalue weighted by Gasteiger charge is -2.21. The minimum Gasteiger partial charge on any atom is -0.370 e. The van der Waals surface area contributed by atoms with Gasteiger partial charge in [0.2, 0.25) is 23.6 Å². The molecule has 0 aliphatic carbocycles. The fourth-order valence-corrected chi connectivity index (χ4v) is 3.88. The first kappa shape index (κ1) is 36.4. The first-order chi connectivity index (χ1) is 18.5. The van der Waals surface area contributed by atoms with E-state index in [4.69, 9.17) is 16.7 Å². The molecular formula is C25H48N6O8. The van der Waals surface area contributed by atoms with E-state index < -0.39 is 23.8 Å². The van der Waals surface area contributed by atoms with E-state index in [2.05, 4.69) is 5.32 Å². The second kappa shape index (κ2) is 22.2. The van der Waals surface area contributed by atoms with E-state index in [-0.39, 0.29) is 56.5 Å². The van der Waals surface area contributed by atoms with Gasteiger partial charge in [-0.05, 0) is 58.4 Å². The van der Waals surface area contributed by atoms with Crippen molar-refractivity contribution < 1.29 is 39.6 Å². The summed E-state index contributed by atoms with van der Waals surface area (Å²) in [6.45, 7) is 2.17. The first-order valence-corrected chi connectivity index (χ1v) is 13.7. The molecule has 0 saturated carbocycles. The zero-order valence-electron chi connectivity index (χ0n) is 23.1. The number of hydroxylamine groups is 5. The number of nitrogens with zero attached hydrogens (tertiary/aromatic N) is 2. The molecule has 0 aromatic carbocycles. The van der Waals surface area contributed by atoms with Gasteiger partial charge in [-0.3, -0.25) is 34.4 Å². The molecule has 0 spiro atoms. The standard InChI is InChI=1S/C25H48N6O8/c1-19(32)21(29-37)11-4-3-9-20(10-5-8-18-31(39)24(35)14-12-22(27)33)28-23(34)13-15-25(36)30(38)17-7-2-6-16-26/h20-21,29,37-39H,2-18,26H2,1H3,(H2,27,33)(H,28,34). The van der Waals surface area contributed by atoms with Crippen LogP contribution in [-0.4, -0.2) is 86.9 Å². The maximum atomic E-state index is 12.5. The summed E-state index contributed by atoms with van der Waals surface area (Å²) in [6.07, 6.45) is 5.56. The Kier molecular flexibility index (Phi) is 20.7. The molecule has 0 aromatic rings. The lowest BCUT2D eigenvalue weighted by atomic mass is 9.99. The Labute approximate surface area is 230 Å². The van der Waals surface area contributed by atoms with E-state index in [1.165, 1.54) is 6.92 Å². The highest BCUT2D eigenvalue weighted by Crippen LogP contribution is 2.13. The van der Waals surface area contributed by atoms with Gasteiger partial charge in [-0.25, -0.2) is 10.1 Å². The van der Waals surface area contributed by atoms with Crippen LogP contribution in [0.25, 0.3) is 0 Å². The van der Waals surface area contributed by atoms with Crippen LogP contribution in [0, 0.1) is 0 Å². The summed E-state index contributed by atoms with van der Waals surface area (Å²) in [6, 6.07) is -0.895. The average Bonchev–Trinajstić information content (AvgIpc) is 2.89. The molecule has 226 valence electrons. The summed E-state index contributed by atoms with van der Waals surface area (Å²) in [4.78, 5) is 58.7. The van der Waals surface area contributed by atoms with Crippen molar-refractivity contribution in [2.24, 2.45) is 11.5 Å². The first-order valence-electron chi connectivity index (χ1n) is 13.7. The highest BCUT2D eigenvalue weighted by Gasteiger charge is 2.18. The van der Waals surface area contributed by atoms with Crippen LogP contribution in [0.4, 0.5) is 0 Å². The van der Waals surface area contributed by atoms with Gasteiger partial charge in [-0.2, -0.15) is 5.48 Å². The Bertz CT molecular complexity index is 754. The van der Waals surface area contributed by atoms with Crippen LogP contribution in [0.5, 0.6) is 0 Å². The number of nitrogens with one attached hydrogen (secondary N) is 2. The van der Waals surface area contributed by atoms with Gasteiger partial charge in [0.1, 0.15) is 5.78 Å². The topological polar surface area (TPSA) is 229 Å². The largest absolute Gasteiger partial charge is 0.370 e. The highest BCUT2D eigenvalue weighted by molar-refractivity contribution is 5.83. The van der Waals surface area contributed by atoms with Crippen molar-refractivity contribution in [3.63, 3.8) is 0 Å². The zero-order valence-corrected chi connectivity index (χ0v) is 23.1. The molecule has 0 aromatic heterocycles. The van der Waals surface area contributed by atoms with E-state index in [0.29, 0.717) is 68.0 Å². The molecule has 0 aliphatic rings. The van der Waals surface area contributed by atoms with Crippen LogP contribution >= 0.6 is 0 Å². The second-order valence-electron chi connectivity index (χ2n) is 9.69. The van der Waals surface area contributed by atoms with Crippen molar-refractivity contribution in [3.8, 4) is 0 Å². The zero-order chi connectivity index (χ0) is 29.6. The van der Waals surface area contributed by atoms with Gasteiger partial charge in [0.15, 0.2) is 0 Å². The van der Waals surface area contributed by atoms with E-state index in [1.807, 2.05) is 5.48 Å². The van der Waals surface area contributed by atoms with Crippen molar-refractivity contribution in [2.45, 2.75) is 109 Å². The lowest BCUT2D eigenvalue weighted by molar-refractivity contribution is -0.166. The predicted molar refractivity (Wildman–Crippen MR) is 141 cm³/mol. The molecule has 2 unspecified atom stereocenters. The van der Waals surface area contributed by atoms with Crippen molar-refractivity contribution >= 4 is 29.4 Å². The van der Waals surface area contributed by atoms with Gasteiger partial charge in [-0.1, -0.05) is 19.3 Å². The highest BCUT2D eigenvalue weighted by atomic mass is 16.5. The number of nitrogens with two attached hydrogens (primary N) is 2. The van der Waals surface area contributed by atoms with Gasteiger partial charge in [0.05, 0.1) is 6.04 Å². The summed E-state index contributed by atoms with van der Waals surface area (Å²) in [7, 11) is 0. The molecule has 14 nitrogen and oxygen atoms in total. The molecule has 0 rings (SSSR count). The Hall–Kier alpha value is -2.65. The van der Waals surface area contributed by atoms with Crippen molar-refractivity contribution in [1.29, 1.82) is 0 Å². The molecule has 9 N–H and O–H groups in total. The van der Waals surface area contributed by atoms with Crippen LogP contribution in [-0.2, 0) is 24.0 Å². The molecule has 0 bridgehead atoms. The molecule has 14 heteroatoms. The predicted octanol–water partition coefficient (Wildman–Crippen LogP) is 0.749. The third-order valence-corrected chi connectivity index (χ3v) is 6.28. The van der Waals surface area contributed by atoms with Gasteiger partial charge < -0.3 is 22.0 Å². The number of hydrogen-bond donors (Lipinski definition) is 7. The number of carbonyl (C=O) groups is 5. The number of amides is 4. The third kappa shape index (κ3) is 19.1. The summed E-state index contributed by atoms with van der Waals surface area (Å²) < 4.78 is 0. The fraction of sp³-hybridized carbons (Fsp3) is 0.800. The van der Waals surface area contributed by atoms with Crippen molar-refractivity contribution in [2.75, 3.05) is 19.6 Å². The minimum atomic E-state index is -0.650. The number of hydrogen-bond acceptors (Lipinski definition) is 10. The van der Waals surface area contributed by atoms with Crippen molar-refractivity contribution in [3.05, 3.63) is 0 Å². The molecule has 0 heterocycles. The number of ketones is 1. The van der Waals surface area contributed by atoms with Crippen LogP contribution in [0.2, 0.25) is 0 Å². The Morgan fingerprint density at radius 1 is 0.744 bits per heavy atom. The normalized spacial score (nSPS) is 12.4. The van der Waals surface area contributed by atoms with E-state index in [1.54, 1.807) is 0 Å². The summed E-state index contributed by atoms with van der Waals surface area (Å²) >= 11 is 0. The van der Waals surface area contributed by atoms with E-state index >= 15 is 0 Å². The Morgan fingerprint density at radius 2 is 1.26 bits per heavy atom. The summed E-state index contributed by atoms with van der Waals surface area (Å²) in [5, 5.41) is 32.9. The van der Waals surface area contributed by atoms with E-state index in [9.17, 15) is 34.4 Å². The van der Waals surface area contributed by atoms with Crippen LogP contribution in [0.3, 0.4) is 0 Å². The van der Waals surface area contributed by atoms with Gasteiger partial charge in [-0.15, -0.1) is 0 Å². The lowest BCUT2D eigenvalue weighted by Crippen LogP contribution is -2.36. The number of primary amides is 1. The smallest absolute Gasteiger partial charge is 0.246 e. The van der Waals surface area contributed by atoms with Gasteiger partial charge in [0.25, 0.3) is 0 Å². The summed E-state index contributed by atoms with van der Waals surface area (Å²) in [5.74, 6) is -2.28. The fourth-order valence-electron chi connectivity index (χ4n) is 3.88. The van der Waals surface area contributed by atoms with Gasteiger partial charge in [0, 0.05) is 44.8 Å². The molecule has 2 atom stereocenters. The quantitative estimate of drug-likeness (QED) is 0.0497. The van der Waals surface area contributed by atoms with Crippen LogP contribution in [0.15, 0.2) is 0 Å². The molecule has 4 amide bonds. The molecule has 0 radical (unpaired) electrons. The second-order valence-corrected chi connectivity index (χ2v) is 9.69. The Morgan fingerprint density at radius 3 is 1.77 bits per heavy atom. The maximum Gasteiger partial charge on any atom is 0.246 e. The van der Waals surface area contributed by atoms with Crippen LogP contribution in [0.1, 0.15) is 96.8 Å². The number of rotatable bonds is 24. The van der Waals surface area contributed by atoms with Crippen molar-refractivity contribution in [1.82, 2.24) is 20.9 Å². The number of Topliss-reactive ketones (excluding diaryl/α,β-unsaturated/α-hetero) is 1. The molecular weight excluding hydrogens is 512 g/mol. The molecule has 0 aliphatic heterocycles. The number of carbonyl (C=O) groups excluding carboxylic acids is 5. The SMILES string of the molecule is CC(=O)C(CCCCC(CCCCN(O)C(=O)CCC(N)=O)NC(=O)CCC(=O)N(O)CCCCCN)NO. The van der Waals surface area contributed by atoms with E-state index in [0.717, 1.165) is 12.8 Å². The molecule has 0 fully saturated rings. The maximum absolute atomic E-state index is 12.5. The molecule has 39 heavy (non-hydrogen) atoms. The average molecular weight is 561 g/mol. The monoisotopic (exact) mass is 560 g/mol.